The van der Waals surface area contributed by atoms with Crippen molar-refractivity contribution in [2.24, 2.45) is 0 Å². The summed E-state index contributed by atoms with van der Waals surface area (Å²) in [6.07, 6.45) is 3.72. The van der Waals surface area contributed by atoms with Crippen molar-refractivity contribution in [3.05, 3.63) is 92.6 Å². The Morgan fingerprint density at radius 1 is 1.00 bits per heavy atom. The van der Waals surface area contributed by atoms with E-state index in [9.17, 15) is 9.59 Å². The van der Waals surface area contributed by atoms with Crippen molar-refractivity contribution in [1.29, 1.82) is 0 Å². The first kappa shape index (κ1) is 21.8. The van der Waals surface area contributed by atoms with Crippen LogP contribution < -0.4 is 4.90 Å². The van der Waals surface area contributed by atoms with Gasteiger partial charge < -0.3 is 4.90 Å². The third-order valence-corrected chi connectivity index (χ3v) is 6.28. The SMILES string of the molecule is CC1(Cc2ccc(Br)cc2)C(=O)N(c2cc(Cl)cc(Cl)c2)C(=O)N1Cc1cccnc1. The van der Waals surface area contributed by atoms with Gasteiger partial charge in [-0.2, -0.15) is 0 Å². The molecule has 1 aromatic heterocycles. The van der Waals surface area contributed by atoms with Gasteiger partial charge in [-0.05, 0) is 54.4 Å². The molecule has 3 amide bonds. The summed E-state index contributed by atoms with van der Waals surface area (Å²) >= 11 is 15.7. The number of aromatic nitrogens is 1. The van der Waals surface area contributed by atoms with Gasteiger partial charge in [0.2, 0.25) is 0 Å². The number of anilines is 1. The fourth-order valence-electron chi connectivity index (χ4n) is 3.76. The van der Waals surface area contributed by atoms with E-state index in [2.05, 4.69) is 20.9 Å². The van der Waals surface area contributed by atoms with E-state index >= 15 is 0 Å². The third kappa shape index (κ3) is 4.33. The Morgan fingerprint density at radius 2 is 1.68 bits per heavy atom. The molecule has 0 aliphatic carbocycles. The minimum absolute atomic E-state index is 0.246. The maximum Gasteiger partial charge on any atom is 0.332 e. The lowest BCUT2D eigenvalue weighted by molar-refractivity contribution is -0.124. The van der Waals surface area contributed by atoms with Crippen molar-refractivity contribution in [1.82, 2.24) is 9.88 Å². The van der Waals surface area contributed by atoms with Crippen LogP contribution in [0.5, 0.6) is 0 Å². The topological polar surface area (TPSA) is 53.5 Å². The Bertz CT molecular complexity index is 1120. The summed E-state index contributed by atoms with van der Waals surface area (Å²) in [5.41, 5.74) is 1.02. The maximum absolute atomic E-state index is 13.7. The number of rotatable bonds is 5. The monoisotopic (exact) mass is 517 g/mol. The first-order valence-electron chi connectivity index (χ1n) is 9.53. The van der Waals surface area contributed by atoms with E-state index in [-0.39, 0.29) is 12.5 Å². The Balaban J connectivity index is 1.77. The van der Waals surface area contributed by atoms with Crippen molar-refractivity contribution in [3.8, 4) is 0 Å². The maximum atomic E-state index is 13.7. The van der Waals surface area contributed by atoms with Crippen LogP contribution in [-0.4, -0.2) is 27.4 Å². The number of carbonyl (C=O) groups is 2. The molecule has 0 radical (unpaired) electrons. The lowest BCUT2D eigenvalue weighted by Gasteiger charge is -2.32. The van der Waals surface area contributed by atoms with Crippen molar-refractivity contribution in [2.45, 2.75) is 25.4 Å². The lowest BCUT2D eigenvalue weighted by atomic mass is 9.90. The van der Waals surface area contributed by atoms with Gasteiger partial charge in [-0.1, -0.05) is 57.3 Å². The molecule has 0 saturated carbocycles. The third-order valence-electron chi connectivity index (χ3n) is 5.31. The van der Waals surface area contributed by atoms with E-state index in [1.165, 1.54) is 0 Å². The number of hydrogen-bond acceptors (Lipinski definition) is 3. The predicted octanol–water partition coefficient (Wildman–Crippen LogP) is 6.12. The Hall–Kier alpha value is -2.41. The molecular weight excluding hydrogens is 501 g/mol. The molecule has 8 heteroatoms. The van der Waals surface area contributed by atoms with Crippen LogP contribution in [0.3, 0.4) is 0 Å². The fourth-order valence-corrected chi connectivity index (χ4v) is 4.54. The van der Waals surface area contributed by atoms with E-state index in [4.69, 9.17) is 23.2 Å². The fraction of sp³-hybridized carbons (Fsp3) is 0.174. The first-order chi connectivity index (χ1) is 14.8. The van der Waals surface area contributed by atoms with Gasteiger partial charge >= 0.3 is 6.03 Å². The van der Waals surface area contributed by atoms with Crippen LogP contribution in [0.15, 0.2) is 71.5 Å². The molecule has 0 bridgehead atoms. The van der Waals surface area contributed by atoms with Gasteiger partial charge in [-0.25, -0.2) is 9.69 Å². The average molecular weight is 519 g/mol. The van der Waals surface area contributed by atoms with Crippen LogP contribution >= 0.6 is 39.1 Å². The summed E-state index contributed by atoms with van der Waals surface area (Å²) in [5, 5.41) is 0.701. The summed E-state index contributed by atoms with van der Waals surface area (Å²) in [6, 6.07) is 15.7. The molecule has 1 atom stereocenters. The number of imide groups is 1. The van der Waals surface area contributed by atoms with E-state index in [1.54, 1.807) is 48.5 Å². The molecule has 1 unspecified atom stereocenters. The van der Waals surface area contributed by atoms with E-state index in [0.717, 1.165) is 20.5 Å². The number of nitrogens with zero attached hydrogens (tertiary/aromatic N) is 3. The van der Waals surface area contributed by atoms with Gasteiger partial charge in [0.05, 0.1) is 12.2 Å². The van der Waals surface area contributed by atoms with Gasteiger partial charge in [0, 0.05) is 33.3 Å². The van der Waals surface area contributed by atoms with Crippen LogP contribution in [0.2, 0.25) is 10.0 Å². The van der Waals surface area contributed by atoms with Gasteiger partial charge in [0.1, 0.15) is 5.54 Å². The van der Waals surface area contributed by atoms with Crippen molar-refractivity contribution >= 4 is 56.8 Å². The number of pyridine rings is 1. The van der Waals surface area contributed by atoms with Crippen LogP contribution in [0.4, 0.5) is 10.5 Å². The average Bonchev–Trinajstić information content (AvgIpc) is 2.90. The zero-order chi connectivity index (χ0) is 22.2. The second-order valence-electron chi connectivity index (χ2n) is 7.58. The second-order valence-corrected chi connectivity index (χ2v) is 9.36. The minimum atomic E-state index is -1.10. The van der Waals surface area contributed by atoms with E-state index < -0.39 is 11.6 Å². The zero-order valence-corrected chi connectivity index (χ0v) is 19.7. The summed E-state index contributed by atoms with van der Waals surface area (Å²) in [7, 11) is 0. The summed E-state index contributed by atoms with van der Waals surface area (Å²) in [6.45, 7) is 2.04. The number of urea groups is 1. The normalized spacial score (nSPS) is 18.7. The van der Waals surface area contributed by atoms with E-state index in [1.807, 2.05) is 30.3 Å². The highest BCUT2D eigenvalue weighted by molar-refractivity contribution is 9.10. The van der Waals surface area contributed by atoms with Crippen molar-refractivity contribution in [3.63, 3.8) is 0 Å². The summed E-state index contributed by atoms with van der Waals surface area (Å²) < 4.78 is 0.942. The van der Waals surface area contributed by atoms with Crippen molar-refractivity contribution in [2.75, 3.05) is 4.90 Å². The molecule has 1 aliphatic heterocycles. The highest BCUT2D eigenvalue weighted by atomic mass is 79.9. The molecule has 1 fully saturated rings. The quantitative estimate of drug-likeness (QED) is 0.382. The van der Waals surface area contributed by atoms with Crippen LogP contribution in [0.25, 0.3) is 0 Å². The number of benzene rings is 2. The van der Waals surface area contributed by atoms with Crippen LogP contribution in [-0.2, 0) is 17.8 Å². The molecule has 5 nitrogen and oxygen atoms in total. The molecule has 0 N–H and O–H groups in total. The van der Waals surface area contributed by atoms with E-state index in [0.29, 0.717) is 22.2 Å². The molecule has 2 heterocycles. The Labute approximate surface area is 198 Å². The van der Waals surface area contributed by atoms with Gasteiger partial charge in [-0.15, -0.1) is 0 Å². The molecule has 0 spiro atoms. The van der Waals surface area contributed by atoms with Crippen LogP contribution in [0, 0.1) is 0 Å². The summed E-state index contributed by atoms with van der Waals surface area (Å²) in [4.78, 5) is 34.1. The molecule has 3 aromatic rings. The standard InChI is InChI=1S/C23H18BrCl2N3O2/c1-23(12-15-4-6-17(24)7-5-15)21(30)29(20-10-18(25)9-19(26)11-20)22(31)28(23)14-16-3-2-8-27-13-16/h2-11,13H,12,14H2,1H3. The number of halogens is 3. The summed E-state index contributed by atoms with van der Waals surface area (Å²) in [5.74, 6) is -0.331. The second kappa shape index (κ2) is 8.61. The minimum Gasteiger partial charge on any atom is -0.305 e. The Morgan fingerprint density at radius 3 is 2.29 bits per heavy atom. The highest BCUT2D eigenvalue weighted by Gasteiger charge is 2.54. The smallest absolute Gasteiger partial charge is 0.305 e. The molecular formula is C23H18BrCl2N3O2. The number of carbonyl (C=O) groups excluding carboxylic acids is 2. The molecule has 2 aromatic carbocycles. The van der Waals surface area contributed by atoms with Gasteiger partial charge in [0.15, 0.2) is 0 Å². The number of hydrogen-bond donors (Lipinski definition) is 0. The predicted molar refractivity (Wildman–Crippen MR) is 125 cm³/mol. The Kier molecular flexibility index (Phi) is 6.06. The lowest BCUT2D eigenvalue weighted by Crippen LogP contribution is -2.48. The first-order valence-corrected chi connectivity index (χ1v) is 11.1. The van der Waals surface area contributed by atoms with Gasteiger partial charge in [-0.3, -0.25) is 9.78 Å². The molecule has 1 saturated heterocycles. The van der Waals surface area contributed by atoms with Crippen LogP contribution in [0.1, 0.15) is 18.1 Å². The highest BCUT2D eigenvalue weighted by Crippen LogP contribution is 2.37. The molecule has 158 valence electrons. The van der Waals surface area contributed by atoms with Crippen molar-refractivity contribution < 1.29 is 9.59 Å². The number of amides is 3. The largest absolute Gasteiger partial charge is 0.332 e. The zero-order valence-electron chi connectivity index (χ0n) is 16.6. The molecule has 31 heavy (non-hydrogen) atoms. The van der Waals surface area contributed by atoms with Gasteiger partial charge in [0.25, 0.3) is 5.91 Å². The molecule has 4 rings (SSSR count). The molecule has 1 aliphatic rings.